The third kappa shape index (κ3) is 4.78. The van der Waals surface area contributed by atoms with Gasteiger partial charge in [-0.25, -0.2) is 4.98 Å². The summed E-state index contributed by atoms with van der Waals surface area (Å²) in [7, 11) is 0. The number of amides is 1. The molecule has 0 N–H and O–H groups in total. The summed E-state index contributed by atoms with van der Waals surface area (Å²) in [5.41, 5.74) is 2.32. The zero-order chi connectivity index (χ0) is 22.5. The van der Waals surface area contributed by atoms with E-state index in [4.69, 9.17) is 28.2 Å². The number of halogens is 2. The standard InChI is InChI=1S/C24H27Cl2N3O2/c1-4-15-28(24(31)21(25)26)20(6-3)22-27-19-10-8-7-9-18(19)23(30)29(22)17-13-11-16(5-2)12-14-17/h7-14,20-21H,4-6,15H2,1-3H3. The zero-order valence-electron chi connectivity index (χ0n) is 18.0. The van der Waals surface area contributed by atoms with Crippen LogP contribution < -0.4 is 5.56 Å². The van der Waals surface area contributed by atoms with Gasteiger partial charge in [-0.15, -0.1) is 0 Å². The van der Waals surface area contributed by atoms with Crippen LogP contribution in [0.5, 0.6) is 0 Å². The number of fused-ring (bicyclic) bond motifs is 1. The van der Waals surface area contributed by atoms with Crippen molar-refractivity contribution >= 4 is 40.0 Å². The average Bonchev–Trinajstić information content (AvgIpc) is 2.79. The van der Waals surface area contributed by atoms with Crippen molar-refractivity contribution in [3.05, 3.63) is 70.3 Å². The lowest BCUT2D eigenvalue weighted by Gasteiger charge is -2.32. The molecule has 2 aromatic carbocycles. The summed E-state index contributed by atoms with van der Waals surface area (Å²) in [5, 5.41) is 0.529. The van der Waals surface area contributed by atoms with Gasteiger partial charge >= 0.3 is 0 Å². The molecule has 0 saturated heterocycles. The molecule has 0 saturated carbocycles. The topological polar surface area (TPSA) is 55.2 Å². The van der Waals surface area contributed by atoms with Gasteiger partial charge in [0.25, 0.3) is 11.5 Å². The summed E-state index contributed by atoms with van der Waals surface area (Å²) in [5.74, 6) is 0.124. The monoisotopic (exact) mass is 459 g/mol. The largest absolute Gasteiger partial charge is 0.330 e. The number of carbonyl (C=O) groups is 1. The van der Waals surface area contributed by atoms with Gasteiger partial charge in [0.2, 0.25) is 0 Å². The summed E-state index contributed by atoms with van der Waals surface area (Å²) >= 11 is 11.9. The van der Waals surface area contributed by atoms with Crippen molar-refractivity contribution in [1.29, 1.82) is 0 Å². The summed E-state index contributed by atoms with van der Waals surface area (Å²) < 4.78 is 1.61. The Morgan fingerprint density at radius 2 is 1.74 bits per heavy atom. The van der Waals surface area contributed by atoms with Gasteiger partial charge in [-0.1, -0.05) is 68.2 Å². The van der Waals surface area contributed by atoms with Crippen LogP contribution in [-0.4, -0.2) is 31.7 Å². The minimum absolute atomic E-state index is 0.166. The second-order valence-electron chi connectivity index (χ2n) is 7.40. The highest BCUT2D eigenvalue weighted by molar-refractivity contribution is 6.53. The van der Waals surface area contributed by atoms with E-state index >= 15 is 0 Å². The van der Waals surface area contributed by atoms with Crippen molar-refractivity contribution in [2.45, 2.75) is 50.9 Å². The number of aryl methyl sites for hydroxylation is 1. The fraction of sp³-hybridized carbons (Fsp3) is 0.375. The lowest BCUT2D eigenvalue weighted by atomic mass is 10.1. The minimum atomic E-state index is -1.18. The highest BCUT2D eigenvalue weighted by atomic mass is 35.5. The molecule has 0 aliphatic heterocycles. The van der Waals surface area contributed by atoms with Gasteiger partial charge in [-0.3, -0.25) is 14.2 Å². The van der Waals surface area contributed by atoms with E-state index in [0.29, 0.717) is 35.4 Å². The normalized spacial score (nSPS) is 12.3. The predicted octanol–water partition coefficient (Wildman–Crippen LogP) is 5.44. The number of hydrogen-bond donors (Lipinski definition) is 0. The smallest absolute Gasteiger partial charge is 0.266 e. The molecule has 3 rings (SSSR count). The molecule has 0 bridgehead atoms. The molecule has 1 unspecified atom stereocenters. The van der Waals surface area contributed by atoms with Crippen molar-refractivity contribution in [3.8, 4) is 5.69 Å². The molecule has 1 amide bonds. The van der Waals surface area contributed by atoms with E-state index in [2.05, 4.69) is 6.92 Å². The number of nitrogens with zero attached hydrogens (tertiary/aromatic N) is 3. The molecule has 1 aromatic heterocycles. The first-order valence-corrected chi connectivity index (χ1v) is 11.5. The number of hydrogen-bond acceptors (Lipinski definition) is 3. The van der Waals surface area contributed by atoms with E-state index in [-0.39, 0.29) is 11.5 Å². The van der Waals surface area contributed by atoms with Crippen LogP contribution in [0.1, 0.15) is 51.0 Å². The number of para-hydroxylation sites is 1. The first-order chi connectivity index (χ1) is 14.9. The number of aromatic nitrogens is 2. The fourth-order valence-corrected chi connectivity index (χ4v) is 4.08. The maximum Gasteiger partial charge on any atom is 0.266 e. The maximum absolute atomic E-state index is 13.6. The second-order valence-corrected chi connectivity index (χ2v) is 8.50. The van der Waals surface area contributed by atoms with Crippen LogP contribution in [0.2, 0.25) is 0 Å². The SMILES string of the molecule is CCCN(C(=O)C(Cl)Cl)C(CC)c1nc2ccccc2c(=O)n1-c1ccc(CC)cc1. The third-order valence-corrected chi connectivity index (χ3v) is 5.77. The molecule has 5 nitrogen and oxygen atoms in total. The van der Waals surface area contributed by atoms with Crippen LogP contribution in [0.3, 0.4) is 0 Å². The molecule has 0 radical (unpaired) electrons. The van der Waals surface area contributed by atoms with Gasteiger partial charge in [-0.2, -0.15) is 0 Å². The van der Waals surface area contributed by atoms with E-state index < -0.39 is 10.9 Å². The first-order valence-electron chi connectivity index (χ1n) is 10.6. The molecular formula is C24H27Cl2N3O2. The Hall–Kier alpha value is -2.37. The van der Waals surface area contributed by atoms with E-state index in [0.717, 1.165) is 12.8 Å². The fourth-order valence-electron chi connectivity index (χ4n) is 3.83. The van der Waals surface area contributed by atoms with Crippen molar-refractivity contribution in [3.63, 3.8) is 0 Å². The van der Waals surface area contributed by atoms with Gasteiger partial charge in [-0.05, 0) is 49.1 Å². The third-order valence-electron chi connectivity index (χ3n) is 5.40. The number of rotatable bonds is 8. The lowest BCUT2D eigenvalue weighted by molar-refractivity contribution is -0.132. The second kappa shape index (κ2) is 10.3. The quantitative estimate of drug-likeness (QED) is 0.421. The first kappa shape index (κ1) is 23.3. The van der Waals surface area contributed by atoms with Crippen molar-refractivity contribution in [2.24, 2.45) is 0 Å². The molecule has 0 aliphatic rings. The van der Waals surface area contributed by atoms with Crippen LogP contribution in [0.25, 0.3) is 16.6 Å². The molecule has 1 heterocycles. The van der Waals surface area contributed by atoms with E-state index in [1.165, 1.54) is 5.56 Å². The Morgan fingerprint density at radius 1 is 1.06 bits per heavy atom. The Kier molecular flexibility index (Phi) is 7.74. The average molecular weight is 460 g/mol. The van der Waals surface area contributed by atoms with Crippen molar-refractivity contribution < 1.29 is 4.79 Å². The Balaban J connectivity index is 2.29. The molecule has 0 spiro atoms. The highest BCUT2D eigenvalue weighted by Crippen LogP contribution is 2.28. The van der Waals surface area contributed by atoms with Crippen LogP contribution in [0.15, 0.2) is 53.3 Å². The number of carbonyl (C=O) groups excluding carboxylic acids is 1. The summed E-state index contributed by atoms with van der Waals surface area (Å²) in [4.78, 5) is 31.7. The van der Waals surface area contributed by atoms with Crippen LogP contribution in [0, 0.1) is 0 Å². The number of alkyl halides is 2. The molecule has 0 fully saturated rings. The van der Waals surface area contributed by atoms with Gasteiger partial charge in [0, 0.05) is 6.54 Å². The molecule has 1 atom stereocenters. The lowest BCUT2D eigenvalue weighted by Crippen LogP contribution is -2.41. The number of benzene rings is 2. The van der Waals surface area contributed by atoms with Crippen molar-refractivity contribution in [1.82, 2.24) is 14.5 Å². The van der Waals surface area contributed by atoms with E-state index in [1.54, 1.807) is 15.5 Å². The molecule has 0 aliphatic carbocycles. The van der Waals surface area contributed by atoms with Crippen LogP contribution in [-0.2, 0) is 11.2 Å². The molecule has 164 valence electrons. The van der Waals surface area contributed by atoms with E-state index in [9.17, 15) is 9.59 Å². The van der Waals surface area contributed by atoms with E-state index in [1.807, 2.05) is 56.3 Å². The van der Waals surface area contributed by atoms with Gasteiger partial charge in [0.15, 0.2) is 4.84 Å². The Labute approximate surface area is 192 Å². The van der Waals surface area contributed by atoms with Gasteiger partial charge in [0.05, 0.1) is 22.6 Å². The minimum Gasteiger partial charge on any atom is -0.330 e. The zero-order valence-corrected chi connectivity index (χ0v) is 19.5. The summed E-state index contributed by atoms with van der Waals surface area (Å²) in [6.07, 6.45) is 2.19. The molecule has 3 aromatic rings. The van der Waals surface area contributed by atoms with Gasteiger partial charge < -0.3 is 4.90 Å². The Morgan fingerprint density at radius 3 is 2.32 bits per heavy atom. The molecule has 31 heavy (non-hydrogen) atoms. The molecule has 7 heteroatoms. The molecular weight excluding hydrogens is 433 g/mol. The summed E-state index contributed by atoms with van der Waals surface area (Å²) in [6, 6.07) is 14.7. The van der Waals surface area contributed by atoms with Crippen LogP contribution in [0.4, 0.5) is 0 Å². The highest BCUT2D eigenvalue weighted by Gasteiger charge is 2.31. The summed E-state index contributed by atoms with van der Waals surface area (Å²) in [6.45, 7) is 6.49. The Bertz CT molecular complexity index is 1110. The van der Waals surface area contributed by atoms with Crippen molar-refractivity contribution in [2.75, 3.05) is 6.54 Å². The maximum atomic E-state index is 13.6. The predicted molar refractivity (Wildman–Crippen MR) is 127 cm³/mol. The van der Waals surface area contributed by atoms with Gasteiger partial charge in [0.1, 0.15) is 5.82 Å². The van der Waals surface area contributed by atoms with Crippen LogP contribution >= 0.6 is 23.2 Å².